The molecular formula is C24H28F3N5O3. The number of aromatic nitrogens is 3. The quantitative estimate of drug-likeness (QED) is 0.488. The van der Waals surface area contributed by atoms with Crippen LogP contribution in [0.5, 0.6) is 11.5 Å². The lowest BCUT2D eigenvalue weighted by Gasteiger charge is -2.32. The first-order chi connectivity index (χ1) is 16.5. The summed E-state index contributed by atoms with van der Waals surface area (Å²) in [5.41, 5.74) is 4.96. The maximum absolute atomic E-state index is 13.2. The van der Waals surface area contributed by atoms with Gasteiger partial charge in [0.25, 0.3) is 0 Å². The van der Waals surface area contributed by atoms with Crippen LogP contribution in [0.15, 0.2) is 24.3 Å². The van der Waals surface area contributed by atoms with Gasteiger partial charge in [-0.1, -0.05) is 0 Å². The molecule has 8 nitrogen and oxygen atoms in total. The number of ether oxygens (including phenoxy) is 3. The highest BCUT2D eigenvalue weighted by molar-refractivity contribution is 5.91. The number of benzene rings is 1. The summed E-state index contributed by atoms with van der Waals surface area (Å²) in [6.45, 7) is 7.03. The van der Waals surface area contributed by atoms with Gasteiger partial charge in [0.15, 0.2) is 11.5 Å². The Balaban J connectivity index is 1.68. The molecule has 4 rings (SSSR count). The number of fused-ring (bicyclic) bond motifs is 1. The summed E-state index contributed by atoms with van der Waals surface area (Å²) in [4.78, 5) is 13.0. The minimum atomic E-state index is -4.52. The van der Waals surface area contributed by atoms with Gasteiger partial charge < -0.3 is 25.3 Å². The zero-order valence-electron chi connectivity index (χ0n) is 20.0. The maximum Gasteiger partial charge on any atom is 0.416 e. The lowest BCUT2D eigenvalue weighted by molar-refractivity contribution is -0.137. The van der Waals surface area contributed by atoms with E-state index in [0.29, 0.717) is 47.3 Å². The van der Waals surface area contributed by atoms with E-state index in [1.54, 1.807) is 26.2 Å². The van der Waals surface area contributed by atoms with E-state index in [2.05, 4.69) is 20.3 Å². The normalized spacial score (nSPS) is 16.5. The fourth-order valence-electron chi connectivity index (χ4n) is 4.12. The summed E-state index contributed by atoms with van der Waals surface area (Å²) < 4.78 is 57.0. The number of anilines is 2. The number of alkyl halides is 3. The SMILES string of the molecule is COc1cc2nc(C)nc(NCc3cc(C(F)(F)F)cc(N)n3)c2cc1OC(C)(C)C1CCOC1. The molecule has 0 bridgehead atoms. The Morgan fingerprint density at radius 3 is 2.54 bits per heavy atom. The Morgan fingerprint density at radius 1 is 1.11 bits per heavy atom. The number of rotatable bonds is 7. The summed E-state index contributed by atoms with van der Waals surface area (Å²) in [7, 11) is 1.55. The molecule has 0 saturated carbocycles. The molecule has 188 valence electrons. The number of nitrogens with zero attached hydrogens (tertiary/aromatic N) is 3. The highest BCUT2D eigenvalue weighted by Gasteiger charge is 2.35. The molecule has 1 saturated heterocycles. The number of aryl methyl sites for hydroxylation is 1. The Kier molecular flexibility index (Phi) is 6.63. The van der Waals surface area contributed by atoms with Crippen molar-refractivity contribution in [3.63, 3.8) is 0 Å². The van der Waals surface area contributed by atoms with Crippen molar-refractivity contribution >= 4 is 22.5 Å². The molecule has 1 unspecified atom stereocenters. The summed E-state index contributed by atoms with van der Waals surface area (Å²) in [6.07, 6.45) is -3.63. The van der Waals surface area contributed by atoms with Crippen LogP contribution in [0.2, 0.25) is 0 Å². The largest absolute Gasteiger partial charge is 0.493 e. The van der Waals surface area contributed by atoms with Crippen LogP contribution in [0, 0.1) is 12.8 Å². The van der Waals surface area contributed by atoms with Gasteiger partial charge in [-0.05, 0) is 45.4 Å². The van der Waals surface area contributed by atoms with E-state index in [4.69, 9.17) is 19.9 Å². The van der Waals surface area contributed by atoms with Gasteiger partial charge in [-0.3, -0.25) is 0 Å². The lowest BCUT2D eigenvalue weighted by atomic mass is 9.90. The van der Waals surface area contributed by atoms with Crippen LogP contribution in [0.1, 0.15) is 37.4 Å². The summed E-state index contributed by atoms with van der Waals surface area (Å²) in [5, 5.41) is 3.71. The van der Waals surface area contributed by atoms with Crippen molar-refractivity contribution < 1.29 is 27.4 Å². The molecule has 1 aliphatic rings. The Morgan fingerprint density at radius 2 is 1.89 bits per heavy atom. The standard InChI is InChI=1S/C24H28F3N5O3/c1-13-30-18-10-19(33-4)20(35-23(2,3)14-5-6-34-12-14)9-17(18)22(31-13)29-11-16-7-15(24(25,26)27)8-21(28)32-16/h7-10,14H,5-6,11-12H2,1-4H3,(H2,28,32)(H,29,30,31). The third kappa shape index (κ3) is 5.50. The molecule has 0 aliphatic carbocycles. The van der Waals surface area contributed by atoms with E-state index >= 15 is 0 Å². The molecule has 2 aromatic heterocycles. The van der Waals surface area contributed by atoms with Crippen molar-refractivity contribution in [3.8, 4) is 11.5 Å². The van der Waals surface area contributed by atoms with Gasteiger partial charge in [-0.2, -0.15) is 13.2 Å². The van der Waals surface area contributed by atoms with Crippen LogP contribution in [0.3, 0.4) is 0 Å². The van der Waals surface area contributed by atoms with Crippen molar-refractivity contribution in [2.24, 2.45) is 5.92 Å². The summed E-state index contributed by atoms with van der Waals surface area (Å²) >= 11 is 0. The van der Waals surface area contributed by atoms with E-state index < -0.39 is 17.3 Å². The monoisotopic (exact) mass is 491 g/mol. The smallest absolute Gasteiger partial charge is 0.416 e. The average Bonchev–Trinajstić information content (AvgIpc) is 3.32. The molecule has 3 heterocycles. The van der Waals surface area contributed by atoms with E-state index in [1.807, 2.05) is 13.8 Å². The molecule has 1 atom stereocenters. The Bertz CT molecular complexity index is 1230. The topological polar surface area (TPSA) is 104 Å². The predicted molar refractivity (Wildman–Crippen MR) is 125 cm³/mol. The maximum atomic E-state index is 13.2. The summed E-state index contributed by atoms with van der Waals surface area (Å²) in [6, 6.07) is 5.30. The molecular weight excluding hydrogens is 463 g/mol. The van der Waals surface area contributed by atoms with Crippen LogP contribution < -0.4 is 20.5 Å². The Hall–Kier alpha value is -3.34. The molecule has 3 aromatic rings. The molecule has 0 radical (unpaired) electrons. The van der Waals surface area contributed by atoms with Crippen LogP contribution in [-0.2, 0) is 17.5 Å². The molecule has 1 aromatic carbocycles. The number of nitrogens with one attached hydrogen (secondary N) is 1. The molecule has 11 heteroatoms. The predicted octanol–water partition coefficient (Wildman–Crippen LogP) is 4.75. The lowest BCUT2D eigenvalue weighted by Crippen LogP contribution is -2.38. The zero-order chi connectivity index (χ0) is 25.4. The third-order valence-corrected chi connectivity index (χ3v) is 6.04. The minimum Gasteiger partial charge on any atom is -0.493 e. The van der Waals surface area contributed by atoms with Gasteiger partial charge in [0.1, 0.15) is 23.1 Å². The van der Waals surface area contributed by atoms with Crippen LogP contribution in [0.4, 0.5) is 24.8 Å². The van der Waals surface area contributed by atoms with Gasteiger partial charge in [0, 0.05) is 24.0 Å². The van der Waals surface area contributed by atoms with Gasteiger partial charge in [0.2, 0.25) is 0 Å². The highest BCUT2D eigenvalue weighted by atomic mass is 19.4. The first kappa shape index (κ1) is 24.8. The molecule has 1 aliphatic heterocycles. The van der Waals surface area contributed by atoms with Gasteiger partial charge in [-0.15, -0.1) is 0 Å². The van der Waals surface area contributed by atoms with Crippen molar-refractivity contribution in [3.05, 3.63) is 41.3 Å². The summed E-state index contributed by atoms with van der Waals surface area (Å²) in [5.74, 6) is 1.94. The van der Waals surface area contributed by atoms with Gasteiger partial charge in [0.05, 0.1) is 37.0 Å². The van der Waals surface area contributed by atoms with E-state index in [1.165, 1.54) is 0 Å². The molecule has 0 amide bonds. The fourth-order valence-corrected chi connectivity index (χ4v) is 4.12. The van der Waals surface area contributed by atoms with Crippen molar-refractivity contribution in [2.75, 3.05) is 31.4 Å². The number of pyridine rings is 1. The van der Waals surface area contributed by atoms with Crippen molar-refractivity contribution in [1.29, 1.82) is 0 Å². The minimum absolute atomic E-state index is 0.0210. The number of halogens is 3. The average molecular weight is 492 g/mol. The number of hydrogen-bond donors (Lipinski definition) is 2. The molecule has 35 heavy (non-hydrogen) atoms. The highest BCUT2D eigenvalue weighted by Crippen LogP contribution is 2.39. The fraction of sp³-hybridized carbons (Fsp3) is 0.458. The van der Waals surface area contributed by atoms with E-state index in [9.17, 15) is 13.2 Å². The second kappa shape index (κ2) is 9.37. The van der Waals surface area contributed by atoms with Crippen LogP contribution in [0.25, 0.3) is 10.9 Å². The number of nitrogens with two attached hydrogens (primary N) is 1. The van der Waals surface area contributed by atoms with E-state index in [-0.39, 0.29) is 24.0 Å². The first-order valence-corrected chi connectivity index (χ1v) is 11.2. The van der Waals surface area contributed by atoms with Gasteiger partial charge in [-0.25, -0.2) is 15.0 Å². The first-order valence-electron chi connectivity index (χ1n) is 11.2. The number of hydrogen-bond acceptors (Lipinski definition) is 8. The van der Waals surface area contributed by atoms with Crippen molar-refractivity contribution in [2.45, 2.75) is 45.5 Å². The van der Waals surface area contributed by atoms with Crippen LogP contribution in [-0.4, -0.2) is 40.9 Å². The molecule has 3 N–H and O–H groups in total. The second-order valence-corrected chi connectivity index (χ2v) is 9.03. The second-order valence-electron chi connectivity index (χ2n) is 9.03. The van der Waals surface area contributed by atoms with Crippen LogP contribution >= 0.6 is 0 Å². The molecule has 1 fully saturated rings. The number of methoxy groups -OCH3 is 1. The zero-order valence-corrected chi connectivity index (χ0v) is 20.0. The third-order valence-electron chi connectivity index (χ3n) is 6.04. The van der Waals surface area contributed by atoms with Crippen molar-refractivity contribution in [1.82, 2.24) is 15.0 Å². The van der Waals surface area contributed by atoms with E-state index in [0.717, 1.165) is 18.6 Å². The number of nitrogen functional groups attached to an aromatic ring is 1. The van der Waals surface area contributed by atoms with Gasteiger partial charge >= 0.3 is 6.18 Å². The Labute approximate surface area is 201 Å². The molecule has 0 spiro atoms.